The van der Waals surface area contributed by atoms with Crippen LogP contribution in [0.5, 0.6) is 0 Å². The van der Waals surface area contributed by atoms with Gasteiger partial charge >= 0.3 is 0 Å². The highest BCUT2D eigenvalue weighted by molar-refractivity contribution is 7.78. The van der Waals surface area contributed by atoms with E-state index in [1.807, 2.05) is 60.7 Å². The van der Waals surface area contributed by atoms with Crippen LogP contribution in [-0.2, 0) is 4.57 Å². The van der Waals surface area contributed by atoms with Gasteiger partial charge in [0.1, 0.15) is 7.14 Å². The van der Waals surface area contributed by atoms with Gasteiger partial charge in [-0.2, -0.15) is 0 Å². The molecule has 0 heterocycles. The molecule has 0 unspecified atom stereocenters. The van der Waals surface area contributed by atoms with Crippen molar-refractivity contribution in [3.63, 3.8) is 0 Å². The molecule has 0 aliphatic heterocycles. The number of nitrogens with one attached hydrogen (secondary N) is 1. The Kier molecular flexibility index (Phi) is 9.00. The molecule has 136 valence electrons. The Balaban J connectivity index is 1.86. The highest BCUT2D eigenvalue weighted by Gasteiger charge is 2.26. The number of rotatable bonds is 12. The largest absolute Gasteiger partial charge is 0.316 e. The Hall–Kier alpha value is -1.37. The highest BCUT2D eigenvalue weighted by Crippen LogP contribution is 2.42. The normalized spacial score (nSPS) is 11.6. The van der Waals surface area contributed by atoms with Crippen molar-refractivity contribution in [1.82, 2.24) is 5.32 Å². The van der Waals surface area contributed by atoms with Crippen molar-refractivity contribution in [2.45, 2.75) is 45.4 Å². The van der Waals surface area contributed by atoms with Crippen LogP contribution in [0.2, 0.25) is 0 Å². The molecule has 0 amide bonds. The number of hydrogen-bond acceptors (Lipinski definition) is 2. The van der Waals surface area contributed by atoms with E-state index >= 15 is 0 Å². The van der Waals surface area contributed by atoms with Crippen molar-refractivity contribution < 1.29 is 4.57 Å². The SMILES string of the molecule is CCCCCCCCNCCP(=O)(c1ccccc1)c1ccccc1. The second kappa shape index (κ2) is 11.3. The van der Waals surface area contributed by atoms with Crippen molar-refractivity contribution in [1.29, 1.82) is 0 Å². The summed E-state index contributed by atoms with van der Waals surface area (Å²) in [6.45, 7) is 4.07. The van der Waals surface area contributed by atoms with Gasteiger partial charge in [-0.05, 0) is 13.0 Å². The molecule has 0 aliphatic carbocycles. The van der Waals surface area contributed by atoms with Crippen molar-refractivity contribution in [2.24, 2.45) is 0 Å². The molecule has 2 aromatic rings. The summed E-state index contributed by atoms with van der Waals surface area (Å²) in [6, 6.07) is 19.9. The molecule has 2 nitrogen and oxygen atoms in total. The molecule has 1 N–H and O–H groups in total. The van der Waals surface area contributed by atoms with E-state index in [0.29, 0.717) is 6.16 Å². The molecular weight excluding hydrogens is 325 g/mol. The minimum atomic E-state index is -2.56. The van der Waals surface area contributed by atoms with Gasteiger partial charge in [0, 0.05) is 23.3 Å². The monoisotopic (exact) mass is 357 g/mol. The van der Waals surface area contributed by atoms with Crippen LogP contribution >= 0.6 is 7.14 Å². The maximum Gasteiger partial charge on any atom is 0.144 e. The summed E-state index contributed by atoms with van der Waals surface area (Å²) in [5, 5.41) is 5.42. The standard InChI is InChI=1S/C22H32NOP/c1-2-3-4-5-6-13-18-23-19-20-25(24,21-14-9-7-10-15-21)22-16-11-8-12-17-22/h7-12,14-17,23H,2-6,13,18-20H2,1H3. The van der Waals surface area contributed by atoms with Crippen molar-refractivity contribution in [3.05, 3.63) is 60.7 Å². The van der Waals surface area contributed by atoms with Gasteiger partial charge < -0.3 is 9.88 Å². The third-order valence-electron chi connectivity index (χ3n) is 4.66. The van der Waals surface area contributed by atoms with E-state index in [1.165, 1.54) is 38.5 Å². The van der Waals surface area contributed by atoms with E-state index in [1.54, 1.807) is 0 Å². The summed E-state index contributed by atoms with van der Waals surface area (Å²) in [6.07, 6.45) is 8.52. The molecule has 3 heteroatoms. The van der Waals surface area contributed by atoms with Crippen LogP contribution in [0.1, 0.15) is 45.4 Å². The minimum Gasteiger partial charge on any atom is -0.316 e. The maximum absolute atomic E-state index is 13.8. The lowest BCUT2D eigenvalue weighted by Gasteiger charge is -2.19. The molecule has 0 saturated heterocycles. The molecule has 0 fully saturated rings. The molecule has 0 saturated carbocycles. The summed E-state index contributed by atoms with van der Waals surface area (Å²) >= 11 is 0. The average Bonchev–Trinajstić information content (AvgIpc) is 2.68. The molecule has 2 rings (SSSR count). The van der Waals surface area contributed by atoms with Crippen molar-refractivity contribution in [2.75, 3.05) is 19.3 Å². The van der Waals surface area contributed by atoms with Crippen LogP contribution in [0.25, 0.3) is 0 Å². The fraction of sp³-hybridized carbons (Fsp3) is 0.455. The third-order valence-corrected chi connectivity index (χ3v) is 7.78. The van der Waals surface area contributed by atoms with Crippen LogP contribution in [-0.4, -0.2) is 19.3 Å². The maximum atomic E-state index is 13.8. The van der Waals surface area contributed by atoms with E-state index in [0.717, 1.165) is 23.7 Å². The summed E-state index contributed by atoms with van der Waals surface area (Å²) in [5.41, 5.74) is 0. The van der Waals surface area contributed by atoms with Crippen molar-refractivity contribution >= 4 is 17.8 Å². The van der Waals surface area contributed by atoms with Gasteiger partial charge in [0.05, 0.1) is 0 Å². The Labute approximate surface area is 153 Å². The van der Waals surface area contributed by atoms with E-state index in [9.17, 15) is 4.57 Å². The lowest BCUT2D eigenvalue weighted by molar-refractivity contribution is 0.571. The third kappa shape index (κ3) is 6.45. The topological polar surface area (TPSA) is 29.1 Å². The Morgan fingerprint density at radius 1 is 0.720 bits per heavy atom. The van der Waals surface area contributed by atoms with E-state index in [4.69, 9.17) is 0 Å². The summed E-state index contributed by atoms with van der Waals surface area (Å²) < 4.78 is 13.8. The minimum absolute atomic E-state index is 0.677. The van der Waals surface area contributed by atoms with Crippen LogP contribution in [0.4, 0.5) is 0 Å². The smallest absolute Gasteiger partial charge is 0.144 e. The van der Waals surface area contributed by atoms with Gasteiger partial charge in [-0.15, -0.1) is 0 Å². The Bertz CT molecular complexity index is 583. The molecule has 0 atom stereocenters. The zero-order valence-electron chi connectivity index (χ0n) is 15.5. The lowest BCUT2D eigenvalue weighted by atomic mass is 10.1. The average molecular weight is 357 g/mol. The fourth-order valence-corrected chi connectivity index (χ4v) is 5.73. The zero-order chi connectivity index (χ0) is 17.8. The Morgan fingerprint density at radius 3 is 1.80 bits per heavy atom. The molecular formula is C22H32NOP. The van der Waals surface area contributed by atoms with Gasteiger partial charge in [-0.1, -0.05) is 99.7 Å². The highest BCUT2D eigenvalue weighted by atomic mass is 31.2. The summed E-state index contributed by atoms with van der Waals surface area (Å²) in [5.74, 6) is 0. The molecule has 0 aliphatic rings. The van der Waals surface area contributed by atoms with Gasteiger partial charge in [0.15, 0.2) is 0 Å². The van der Waals surface area contributed by atoms with E-state index in [-0.39, 0.29) is 0 Å². The summed E-state index contributed by atoms with van der Waals surface area (Å²) in [4.78, 5) is 0. The predicted octanol–water partition coefficient (Wildman–Crippen LogP) is 4.95. The van der Waals surface area contributed by atoms with E-state index in [2.05, 4.69) is 12.2 Å². The summed E-state index contributed by atoms with van der Waals surface area (Å²) in [7, 11) is -2.56. The fourth-order valence-electron chi connectivity index (χ4n) is 3.14. The molecule has 0 bridgehead atoms. The van der Waals surface area contributed by atoms with Gasteiger partial charge in [-0.3, -0.25) is 0 Å². The van der Waals surface area contributed by atoms with Crippen LogP contribution in [0.15, 0.2) is 60.7 Å². The van der Waals surface area contributed by atoms with Gasteiger partial charge in [0.25, 0.3) is 0 Å². The van der Waals surface area contributed by atoms with Gasteiger partial charge in [0.2, 0.25) is 0 Å². The van der Waals surface area contributed by atoms with Crippen LogP contribution < -0.4 is 15.9 Å². The van der Waals surface area contributed by atoms with Crippen molar-refractivity contribution in [3.8, 4) is 0 Å². The van der Waals surface area contributed by atoms with E-state index < -0.39 is 7.14 Å². The number of hydrogen-bond donors (Lipinski definition) is 1. The molecule has 25 heavy (non-hydrogen) atoms. The molecule has 2 aromatic carbocycles. The number of unbranched alkanes of at least 4 members (excludes halogenated alkanes) is 5. The quantitative estimate of drug-likeness (QED) is 0.430. The first-order valence-corrected chi connectivity index (χ1v) is 11.6. The molecule has 0 spiro atoms. The van der Waals surface area contributed by atoms with Gasteiger partial charge in [-0.25, -0.2) is 0 Å². The zero-order valence-corrected chi connectivity index (χ0v) is 16.4. The van der Waals surface area contributed by atoms with Crippen LogP contribution in [0, 0.1) is 0 Å². The first-order chi connectivity index (χ1) is 12.3. The predicted molar refractivity (Wildman–Crippen MR) is 111 cm³/mol. The first-order valence-electron chi connectivity index (χ1n) is 9.68. The second-order valence-electron chi connectivity index (χ2n) is 6.65. The lowest BCUT2D eigenvalue weighted by Crippen LogP contribution is -2.26. The first kappa shape index (κ1) is 19.9. The Morgan fingerprint density at radius 2 is 1.24 bits per heavy atom. The number of benzene rings is 2. The second-order valence-corrected chi connectivity index (χ2v) is 9.61. The molecule has 0 aromatic heterocycles. The molecule has 0 radical (unpaired) electrons. The van der Waals surface area contributed by atoms with Crippen LogP contribution in [0.3, 0.4) is 0 Å².